The van der Waals surface area contributed by atoms with Crippen molar-refractivity contribution in [1.82, 2.24) is 10.2 Å². The van der Waals surface area contributed by atoms with Crippen molar-refractivity contribution in [3.63, 3.8) is 0 Å². The predicted molar refractivity (Wildman–Crippen MR) is 250 cm³/mol. The van der Waals surface area contributed by atoms with E-state index in [-0.39, 0.29) is 46.0 Å². The van der Waals surface area contributed by atoms with Crippen molar-refractivity contribution in [3.05, 3.63) is 58.7 Å². The van der Waals surface area contributed by atoms with E-state index in [2.05, 4.69) is 35.6 Å². The van der Waals surface area contributed by atoms with Gasteiger partial charge in [0.25, 0.3) is 0 Å². The molecule has 3 aliphatic heterocycles. The first-order valence-electron chi connectivity index (χ1n) is 24.1. The molecular formula is C50H72N4O6S2. The number of hydrogen-bond donors (Lipinski definition) is 4. The summed E-state index contributed by atoms with van der Waals surface area (Å²) in [6, 6.07) is 12.5. The van der Waals surface area contributed by atoms with E-state index in [0.29, 0.717) is 74.8 Å². The molecule has 12 heteroatoms. The van der Waals surface area contributed by atoms with Crippen molar-refractivity contribution in [3.8, 4) is 11.5 Å². The molecule has 2 aromatic carbocycles. The van der Waals surface area contributed by atoms with Crippen LogP contribution in [0.25, 0.3) is 0 Å². The van der Waals surface area contributed by atoms with Crippen molar-refractivity contribution < 1.29 is 29.3 Å². The average molecular weight is 889 g/mol. The van der Waals surface area contributed by atoms with E-state index in [9.17, 15) is 19.8 Å². The second-order valence-electron chi connectivity index (χ2n) is 19.9. The number of benzene rings is 2. The lowest BCUT2D eigenvalue weighted by molar-refractivity contribution is -0.148. The van der Waals surface area contributed by atoms with Crippen LogP contribution in [0.15, 0.2) is 41.4 Å². The zero-order valence-electron chi connectivity index (χ0n) is 37.2. The number of amides is 1. The number of phenolic OH excluding ortho intramolecular Hbond substituents is 1. The number of esters is 1. The Kier molecular flexibility index (Phi) is 15.0. The van der Waals surface area contributed by atoms with Crippen molar-refractivity contribution in [2.75, 3.05) is 18.8 Å². The lowest BCUT2D eigenvalue weighted by atomic mass is 9.78. The second-order valence-corrected chi connectivity index (χ2v) is 22.6. The number of nitrogens with zero attached hydrogens (tertiary/aromatic N) is 2. The SMILES string of the molecule is CC(=O)OC1CCc2cc(c(O)c3c2CCC2CCCC2O3)CN2CC(Cc3ccccc3)(CCN=C(N)NC3(CCCC34CCCC4)SSCCCCCCC(O)C1)CC2=O. The van der Waals surface area contributed by atoms with Gasteiger partial charge in [-0.15, -0.1) is 0 Å². The summed E-state index contributed by atoms with van der Waals surface area (Å²) >= 11 is 0. The maximum Gasteiger partial charge on any atom is 0.302 e. The van der Waals surface area contributed by atoms with Crippen molar-refractivity contribution in [2.45, 2.75) is 184 Å². The van der Waals surface area contributed by atoms with E-state index >= 15 is 0 Å². The highest BCUT2D eigenvalue weighted by Gasteiger charge is 2.57. The maximum absolute atomic E-state index is 14.3. The Bertz CT molecular complexity index is 1890. The molecule has 3 heterocycles. The number of aryl methyl sites for hydroxylation is 1. The summed E-state index contributed by atoms with van der Waals surface area (Å²) in [7, 11) is 3.98. The van der Waals surface area contributed by atoms with Gasteiger partial charge in [0.1, 0.15) is 17.1 Å². The standard InChI is InChI=1S/C50H72N4O6S2/c1-35(55)59-41-20-18-38-29-39(45(58)46-42(38)21-19-37-15-11-17-43(37)60-46)33-54-34-48(32-44(54)57,31-36-13-5-4-6-14-36)26-27-52-47(51)53-50(25-12-24-49(50)22-8-9-23-49)62-61-28-10-3-2-7-16-40(56)30-41/h4-6,13-14,29,37,40-41,43,56,58H,2-3,7-12,15-28,30-34H2,1H3,(H3,51,52,53). The fraction of sp³-hybridized carbons (Fsp3) is 0.700. The molecule has 5 N–H and O–H groups in total. The van der Waals surface area contributed by atoms with Crippen LogP contribution in [-0.4, -0.2) is 75.0 Å². The number of aliphatic hydroxyl groups excluding tert-OH is 1. The Morgan fingerprint density at radius 1 is 0.952 bits per heavy atom. The van der Waals surface area contributed by atoms with Crippen LogP contribution in [-0.2, 0) is 40.1 Å². The van der Waals surface area contributed by atoms with Gasteiger partial charge in [0, 0.05) is 67.1 Å². The number of phenols is 1. The highest BCUT2D eigenvalue weighted by Crippen LogP contribution is 2.63. The number of aliphatic hydroxyl groups is 1. The number of nitrogens with two attached hydrogens (primary N) is 1. The summed E-state index contributed by atoms with van der Waals surface area (Å²) in [5, 5.41) is 27.2. The molecule has 2 spiro atoms. The lowest BCUT2D eigenvalue weighted by Crippen LogP contribution is -2.55. The van der Waals surface area contributed by atoms with Crippen LogP contribution in [0.3, 0.4) is 0 Å². The molecule has 6 unspecified atom stereocenters. The smallest absolute Gasteiger partial charge is 0.302 e. The van der Waals surface area contributed by atoms with Crippen LogP contribution in [0, 0.1) is 16.7 Å². The minimum Gasteiger partial charge on any atom is -0.504 e. The Hall–Kier alpha value is -3.09. The molecule has 1 saturated heterocycles. The Morgan fingerprint density at radius 3 is 2.58 bits per heavy atom. The highest BCUT2D eigenvalue weighted by molar-refractivity contribution is 8.77. The molecule has 4 bridgehead atoms. The van der Waals surface area contributed by atoms with E-state index in [0.717, 1.165) is 87.5 Å². The molecule has 0 radical (unpaired) electrons. The monoisotopic (exact) mass is 888 g/mol. The predicted octanol–water partition coefficient (Wildman–Crippen LogP) is 9.54. The Labute approximate surface area is 378 Å². The summed E-state index contributed by atoms with van der Waals surface area (Å²) in [6.45, 7) is 2.79. The molecule has 6 atom stereocenters. The van der Waals surface area contributed by atoms with Crippen LogP contribution in [0.2, 0.25) is 0 Å². The van der Waals surface area contributed by atoms with Gasteiger partial charge in [0.15, 0.2) is 17.5 Å². The largest absolute Gasteiger partial charge is 0.504 e. The van der Waals surface area contributed by atoms with Crippen molar-refractivity contribution >= 4 is 39.4 Å². The quantitative estimate of drug-likeness (QED) is 0.174. The maximum atomic E-state index is 14.3. The van der Waals surface area contributed by atoms with Gasteiger partial charge in [0.05, 0.1) is 6.10 Å². The van der Waals surface area contributed by atoms with Crippen molar-refractivity contribution in [2.24, 2.45) is 27.5 Å². The lowest BCUT2D eigenvalue weighted by Gasteiger charge is -2.44. The van der Waals surface area contributed by atoms with Crippen LogP contribution >= 0.6 is 21.6 Å². The number of hydrogen-bond acceptors (Lipinski definition) is 11. The fourth-order valence-corrected chi connectivity index (χ4v) is 15.9. The summed E-state index contributed by atoms with van der Waals surface area (Å²) in [5.41, 5.74) is 10.7. The zero-order valence-corrected chi connectivity index (χ0v) is 38.8. The van der Waals surface area contributed by atoms with E-state index in [1.54, 1.807) is 0 Å². The topological polar surface area (TPSA) is 147 Å². The Balaban J connectivity index is 1.10. The molecule has 0 aromatic heterocycles. The van der Waals surface area contributed by atoms with Gasteiger partial charge in [-0.05, 0) is 126 Å². The molecule has 10 nitrogen and oxygen atoms in total. The number of guanidine groups is 1. The molecule has 3 aliphatic carbocycles. The van der Waals surface area contributed by atoms with Crippen LogP contribution in [0.4, 0.5) is 0 Å². The number of ether oxygens (including phenoxy) is 2. The number of nitrogens with one attached hydrogen (secondary N) is 1. The number of aliphatic imine (C=N–C) groups is 1. The van der Waals surface area contributed by atoms with Gasteiger partial charge in [-0.3, -0.25) is 14.6 Å². The van der Waals surface area contributed by atoms with Gasteiger partial charge in [-0.2, -0.15) is 0 Å². The van der Waals surface area contributed by atoms with Gasteiger partial charge >= 0.3 is 5.97 Å². The molecule has 340 valence electrons. The molecule has 62 heavy (non-hydrogen) atoms. The molecular weight excluding hydrogens is 817 g/mol. The van der Waals surface area contributed by atoms with Crippen LogP contribution in [0.1, 0.15) is 158 Å². The molecule has 2 aromatic rings. The van der Waals surface area contributed by atoms with Crippen LogP contribution in [0.5, 0.6) is 11.5 Å². The van der Waals surface area contributed by atoms with Gasteiger partial charge in [0.2, 0.25) is 5.91 Å². The summed E-state index contributed by atoms with van der Waals surface area (Å²) < 4.78 is 12.6. The van der Waals surface area contributed by atoms with E-state index in [4.69, 9.17) is 20.2 Å². The number of fused-ring (bicyclic) bond motifs is 8. The third kappa shape index (κ3) is 10.5. The van der Waals surface area contributed by atoms with Crippen molar-refractivity contribution in [1.29, 1.82) is 0 Å². The minimum absolute atomic E-state index is 0.0715. The third-order valence-corrected chi connectivity index (χ3v) is 18.8. The van der Waals surface area contributed by atoms with Gasteiger partial charge in [-0.25, -0.2) is 0 Å². The summed E-state index contributed by atoms with van der Waals surface area (Å²) in [5.74, 6) is 2.49. The van der Waals surface area contributed by atoms with Gasteiger partial charge in [-0.1, -0.05) is 84.0 Å². The van der Waals surface area contributed by atoms with Gasteiger partial charge < -0.3 is 35.6 Å². The number of aromatic hydroxyl groups is 1. The summed E-state index contributed by atoms with van der Waals surface area (Å²) in [6.07, 6.45) is 21.0. The molecule has 4 fully saturated rings. The first-order valence-corrected chi connectivity index (χ1v) is 26.5. The third-order valence-electron chi connectivity index (χ3n) is 15.5. The fourth-order valence-electron chi connectivity index (χ4n) is 12.3. The number of carbonyl (C=O) groups excluding carboxylic acids is 2. The molecule has 1 amide bonds. The molecule has 6 aliphatic rings. The Morgan fingerprint density at radius 2 is 1.76 bits per heavy atom. The average Bonchev–Trinajstić information content (AvgIpc) is 4.02. The van der Waals surface area contributed by atoms with E-state index in [1.165, 1.54) is 51.0 Å². The van der Waals surface area contributed by atoms with E-state index < -0.39 is 12.2 Å². The van der Waals surface area contributed by atoms with Crippen LogP contribution < -0.4 is 15.8 Å². The number of rotatable bonds is 3. The number of carbonyl (C=O) groups is 2. The highest BCUT2D eigenvalue weighted by atomic mass is 33.1. The van der Waals surface area contributed by atoms with E-state index in [1.807, 2.05) is 32.6 Å². The molecule has 8 rings (SSSR count). The second kappa shape index (κ2) is 20.4. The minimum atomic E-state index is -0.557. The normalized spacial score (nSPS) is 31.4. The first kappa shape index (κ1) is 45.5. The first-order chi connectivity index (χ1) is 30.0. The zero-order chi connectivity index (χ0) is 43.2. The summed E-state index contributed by atoms with van der Waals surface area (Å²) in [4.78, 5) is 33.4. The molecule has 3 saturated carbocycles.